The van der Waals surface area contributed by atoms with Gasteiger partial charge in [-0.1, -0.05) is 13.8 Å². The van der Waals surface area contributed by atoms with E-state index >= 15 is 0 Å². The molecule has 0 spiro atoms. The van der Waals surface area contributed by atoms with Crippen LogP contribution in [0.1, 0.15) is 26.7 Å². The van der Waals surface area contributed by atoms with Gasteiger partial charge in [-0.2, -0.15) is 0 Å². The zero-order valence-corrected chi connectivity index (χ0v) is 9.70. The maximum atomic E-state index is 6.06. The van der Waals surface area contributed by atoms with Crippen LogP contribution in [-0.2, 0) is 4.74 Å². The van der Waals surface area contributed by atoms with Gasteiger partial charge in [-0.3, -0.25) is 4.90 Å². The predicted octanol–water partition coefficient (Wildman–Crippen LogP) is 1.08. The van der Waals surface area contributed by atoms with E-state index in [0.717, 1.165) is 32.1 Å². The Morgan fingerprint density at radius 3 is 2.79 bits per heavy atom. The molecule has 1 fully saturated rings. The van der Waals surface area contributed by atoms with Crippen molar-refractivity contribution >= 4 is 0 Å². The molecule has 14 heavy (non-hydrogen) atoms. The lowest BCUT2D eigenvalue weighted by molar-refractivity contribution is 0.0141. The number of ether oxygens (including phenoxy) is 1. The van der Waals surface area contributed by atoms with Crippen LogP contribution in [-0.4, -0.2) is 43.8 Å². The van der Waals surface area contributed by atoms with Crippen LogP contribution in [0.25, 0.3) is 0 Å². The highest BCUT2D eigenvalue weighted by Crippen LogP contribution is 2.12. The molecule has 1 rings (SSSR count). The monoisotopic (exact) mass is 200 g/mol. The van der Waals surface area contributed by atoms with Gasteiger partial charge in [0.25, 0.3) is 0 Å². The molecule has 0 saturated carbocycles. The van der Waals surface area contributed by atoms with Crippen molar-refractivity contribution in [1.82, 2.24) is 4.90 Å². The van der Waals surface area contributed by atoms with Crippen LogP contribution in [0.15, 0.2) is 0 Å². The highest BCUT2D eigenvalue weighted by molar-refractivity contribution is 4.83. The van der Waals surface area contributed by atoms with E-state index in [2.05, 4.69) is 25.8 Å². The van der Waals surface area contributed by atoms with Crippen molar-refractivity contribution in [1.29, 1.82) is 0 Å². The normalized spacial score (nSPS) is 28.7. The Hall–Kier alpha value is -0.120. The molecule has 0 radical (unpaired) electrons. The fourth-order valence-electron chi connectivity index (χ4n) is 1.82. The summed E-state index contributed by atoms with van der Waals surface area (Å²) in [4.78, 5) is 2.35. The molecule has 1 aliphatic rings. The summed E-state index contributed by atoms with van der Waals surface area (Å²) >= 11 is 0. The summed E-state index contributed by atoms with van der Waals surface area (Å²) in [6, 6.07) is 0.711. The molecule has 2 unspecified atom stereocenters. The second kappa shape index (κ2) is 5.69. The Bertz CT molecular complexity index is 161. The van der Waals surface area contributed by atoms with Gasteiger partial charge in [-0.15, -0.1) is 0 Å². The summed E-state index contributed by atoms with van der Waals surface area (Å²) in [6.45, 7) is 7.27. The van der Waals surface area contributed by atoms with E-state index in [4.69, 9.17) is 10.5 Å². The topological polar surface area (TPSA) is 38.5 Å². The molecule has 0 aromatic rings. The first-order valence-corrected chi connectivity index (χ1v) is 5.65. The minimum atomic E-state index is 0.293. The van der Waals surface area contributed by atoms with E-state index in [9.17, 15) is 0 Å². The molecule has 1 heterocycles. The summed E-state index contributed by atoms with van der Waals surface area (Å²) < 4.78 is 5.46. The molecular weight excluding hydrogens is 176 g/mol. The largest absolute Gasteiger partial charge is 0.380 e. The summed E-state index contributed by atoms with van der Waals surface area (Å²) in [5.74, 6) is 0.762. The molecule has 2 N–H and O–H groups in total. The zero-order chi connectivity index (χ0) is 10.6. The van der Waals surface area contributed by atoms with Crippen molar-refractivity contribution in [3.05, 3.63) is 0 Å². The van der Waals surface area contributed by atoms with E-state index in [1.807, 2.05) is 0 Å². The maximum absolute atomic E-state index is 6.06. The molecule has 1 aliphatic heterocycles. The zero-order valence-electron chi connectivity index (χ0n) is 9.70. The van der Waals surface area contributed by atoms with E-state index < -0.39 is 0 Å². The standard InChI is InChI=1S/C11H24N2O/c1-9(2)4-6-13(3)11-8-14-7-5-10(11)12/h9-11H,4-8,12H2,1-3H3. The quantitative estimate of drug-likeness (QED) is 0.738. The second-order valence-electron chi connectivity index (χ2n) is 4.76. The van der Waals surface area contributed by atoms with Crippen LogP contribution in [0.3, 0.4) is 0 Å². The number of hydrogen-bond donors (Lipinski definition) is 1. The lowest BCUT2D eigenvalue weighted by Gasteiger charge is -2.36. The third-order valence-corrected chi connectivity index (χ3v) is 3.00. The van der Waals surface area contributed by atoms with Crippen molar-refractivity contribution in [2.24, 2.45) is 11.7 Å². The average Bonchev–Trinajstić information content (AvgIpc) is 2.15. The van der Waals surface area contributed by atoms with Crippen LogP contribution in [0.4, 0.5) is 0 Å². The summed E-state index contributed by atoms with van der Waals surface area (Å²) in [5, 5.41) is 0. The Kier molecular flexibility index (Phi) is 4.85. The number of nitrogens with zero attached hydrogens (tertiary/aromatic N) is 1. The van der Waals surface area contributed by atoms with Gasteiger partial charge < -0.3 is 10.5 Å². The van der Waals surface area contributed by atoms with Crippen molar-refractivity contribution in [3.8, 4) is 0 Å². The number of likely N-dealkylation sites (N-methyl/N-ethyl adjacent to an activating group) is 1. The van der Waals surface area contributed by atoms with Crippen LogP contribution in [0.2, 0.25) is 0 Å². The number of hydrogen-bond acceptors (Lipinski definition) is 3. The van der Waals surface area contributed by atoms with Crippen LogP contribution < -0.4 is 5.73 Å². The lowest BCUT2D eigenvalue weighted by Crippen LogP contribution is -2.52. The van der Waals surface area contributed by atoms with Gasteiger partial charge >= 0.3 is 0 Å². The van der Waals surface area contributed by atoms with Gasteiger partial charge in [-0.25, -0.2) is 0 Å². The highest BCUT2D eigenvalue weighted by Gasteiger charge is 2.25. The number of nitrogens with two attached hydrogens (primary N) is 1. The van der Waals surface area contributed by atoms with Gasteiger partial charge in [-0.05, 0) is 32.4 Å². The molecule has 0 aliphatic carbocycles. The lowest BCUT2D eigenvalue weighted by atomic mass is 10.0. The molecule has 0 aromatic carbocycles. The summed E-state index contributed by atoms with van der Waals surface area (Å²) in [7, 11) is 2.15. The van der Waals surface area contributed by atoms with Crippen molar-refractivity contribution in [2.45, 2.75) is 38.8 Å². The van der Waals surface area contributed by atoms with Crippen molar-refractivity contribution < 1.29 is 4.74 Å². The fraction of sp³-hybridized carbons (Fsp3) is 1.00. The number of rotatable bonds is 4. The molecule has 0 aromatic heterocycles. The smallest absolute Gasteiger partial charge is 0.0636 e. The average molecular weight is 200 g/mol. The molecular formula is C11H24N2O. The molecule has 3 heteroatoms. The van der Waals surface area contributed by atoms with Crippen LogP contribution in [0, 0.1) is 5.92 Å². The van der Waals surface area contributed by atoms with E-state index in [1.54, 1.807) is 0 Å². The predicted molar refractivity (Wildman–Crippen MR) is 59.3 cm³/mol. The fourth-order valence-corrected chi connectivity index (χ4v) is 1.82. The Morgan fingerprint density at radius 1 is 1.50 bits per heavy atom. The Balaban J connectivity index is 2.30. The first-order valence-electron chi connectivity index (χ1n) is 5.65. The van der Waals surface area contributed by atoms with Crippen molar-refractivity contribution in [3.63, 3.8) is 0 Å². The first kappa shape index (κ1) is 12.0. The van der Waals surface area contributed by atoms with Gasteiger partial charge in [0.15, 0.2) is 0 Å². The van der Waals surface area contributed by atoms with Gasteiger partial charge in [0.1, 0.15) is 0 Å². The van der Waals surface area contributed by atoms with Gasteiger partial charge in [0, 0.05) is 18.7 Å². The third-order valence-electron chi connectivity index (χ3n) is 3.00. The minimum absolute atomic E-state index is 0.293. The van der Waals surface area contributed by atoms with E-state index in [0.29, 0.717) is 12.1 Å². The van der Waals surface area contributed by atoms with E-state index in [1.165, 1.54) is 6.42 Å². The molecule has 0 amide bonds. The van der Waals surface area contributed by atoms with E-state index in [-0.39, 0.29) is 0 Å². The molecule has 3 nitrogen and oxygen atoms in total. The third kappa shape index (κ3) is 3.56. The molecule has 0 bridgehead atoms. The molecule has 1 saturated heterocycles. The molecule has 2 atom stereocenters. The minimum Gasteiger partial charge on any atom is -0.380 e. The Labute approximate surface area is 87.6 Å². The molecule has 84 valence electrons. The van der Waals surface area contributed by atoms with Gasteiger partial charge in [0.05, 0.1) is 6.61 Å². The SMILES string of the molecule is CC(C)CCN(C)C1COCCC1N. The highest BCUT2D eigenvalue weighted by atomic mass is 16.5. The maximum Gasteiger partial charge on any atom is 0.0636 e. The summed E-state index contributed by atoms with van der Waals surface area (Å²) in [5.41, 5.74) is 6.06. The van der Waals surface area contributed by atoms with Crippen LogP contribution >= 0.6 is 0 Å². The van der Waals surface area contributed by atoms with Gasteiger partial charge in [0.2, 0.25) is 0 Å². The van der Waals surface area contributed by atoms with Crippen molar-refractivity contribution in [2.75, 3.05) is 26.8 Å². The summed E-state index contributed by atoms with van der Waals surface area (Å²) in [6.07, 6.45) is 2.23. The van der Waals surface area contributed by atoms with Crippen LogP contribution in [0.5, 0.6) is 0 Å². The Morgan fingerprint density at radius 2 is 2.21 bits per heavy atom. The second-order valence-corrected chi connectivity index (χ2v) is 4.76. The first-order chi connectivity index (χ1) is 6.61.